The quantitative estimate of drug-likeness (QED) is 0.226. The van der Waals surface area contributed by atoms with Gasteiger partial charge in [0.15, 0.2) is 5.13 Å². The Balaban J connectivity index is 1.38. The largest absolute Gasteiger partial charge is 0.465 e. The second-order valence-corrected chi connectivity index (χ2v) is 10.4. The number of esters is 1. The van der Waals surface area contributed by atoms with Crippen LogP contribution in [0, 0.1) is 17.2 Å². The van der Waals surface area contributed by atoms with Crippen molar-refractivity contribution in [2.24, 2.45) is 5.92 Å². The second-order valence-electron chi connectivity index (χ2n) is 9.36. The van der Waals surface area contributed by atoms with E-state index < -0.39 is 5.97 Å². The molecule has 1 unspecified atom stereocenters. The highest BCUT2D eigenvalue weighted by molar-refractivity contribution is 7.22. The fraction of sp³-hybridized carbons (Fsp3) is 0.233. The number of fused-ring (bicyclic) bond motifs is 1. The van der Waals surface area contributed by atoms with E-state index in [-0.39, 0.29) is 35.0 Å². The third-order valence-corrected chi connectivity index (χ3v) is 7.53. The maximum absolute atomic E-state index is 13.0. The summed E-state index contributed by atoms with van der Waals surface area (Å²) in [7, 11) is 1.28. The summed E-state index contributed by atoms with van der Waals surface area (Å²) in [6.07, 6.45) is 2.39. The highest BCUT2D eigenvalue weighted by Gasteiger charge is 2.30. The fourth-order valence-corrected chi connectivity index (χ4v) is 5.22. The molecule has 0 radical (unpaired) electrons. The predicted octanol–water partition coefficient (Wildman–Crippen LogP) is 6.49. The summed E-state index contributed by atoms with van der Waals surface area (Å²) >= 11 is 1.18. The Morgan fingerprint density at radius 2 is 1.90 bits per heavy atom. The van der Waals surface area contributed by atoms with Crippen LogP contribution in [0.4, 0.5) is 10.8 Å². The number of carbonyl (C=O) groups is 3. The van der Waals surface area contributed by atoms with Gasteiger partial charge in [0, 0.05) is 23.2 Å². The molecule has 1 heterocycles. The van der Waals surface area contributed by atoms with Gasteiger partial charge in [-0.1, -0.05) is 36.5 Å². The molecule has 0 spiro atoms. The second kappa shape index (κ2) is 11.6. The predicted molar refractivity (Wildman–Crippen MR) is 152 cm³/mol. The number of ether oxygens (including phenoxy) is 2. The molecule has 1 saturated carbocycles. The molecule has 4 aromatic rings. The summed E-state index contributed by atoms with van der Waals surface area (Å²) in [5.41, 5.74) is 2.45. The normalized spacial score (nSPS) is 13.2. The molecule has 202 valence electrons. The lowest BCUT2D eigenvalue weighted by molar-refractivity contribution is -0.117. The number of aromatic nitrogens is 1. The van der Waals surface area contributed by atoms with Crippen molar-refractivity contribution in [3.8, 4) is 17.6 Å². The zero-order chi connectivity index (χ0) is 28.2. The molecule has 0 bridgehead atoms. The van der Waals surface area contributed by atoms with Gasteiger partial charge in [-0.25, -0.2) is 9.78 Å². The minimum Gasteiger partial charge on any atom is -0.465 e. The summed E-state index contributed by atoms with van der Waals surface area (Å²) in [4.78, 5) is 42.4. The van der Waals surface area contributed by atoms with Crippen LogP contribution in [0.1, 0.15) is 58.4 Å². The number of nitrogens with zero attached hydrogens (tertiary/aromatic N) is 2. The SMILES string of the molecule is CCC(C#N)c1cccc(C(=O)Nc2cccc(Oc3ccc4nc(NC(=O)C5CC5)sc4c3C(=O)OC)c2)c1. The minimum absolute atomic E-state index is 0.0218. The Bertz CT molecular complexity index is 1650. The molecule has 1 aliphatic rings. The van der Waals surface area contributed by atoms with E-state index in [4.69, 9.17) is 9.47 Å². The monoisotopic (exact) mass is 554 g/mol. The number of hydrogen-bond donors (Lipinski definition) is 2. The Labute approximate surface area is 234 Å². The standard InChI is InChI=1S/C30H26N4O5S/c1-3-17(16-31)19-6-4-7-20(14-19)28(36)32-21-8-5-9-22(15-21)39-24-13-12-23-26(25(24)29(37)38-2)40-30(33-23)34-27(35)18-10-11-18/h4-9,12-15,17-18H,3,10-11H2,1-2H3,(H,32,36)(H,33,34,35). The molecule has 9 nitrogen and oxygen atoms in total. The van der Waals surface area contributed by atoms with Gasteiger partial charge >= 0.3 is 5.97 Å². The first-order valence-corrected chi connectivity index (χ1v) is 13.6. The van der Waals surface area contributed by atoms with Crippen LogP contribution in [0.2, 0.25) is 0 Å². The number of rotatable bonds is 9. The lowest BCUT2D eigenvalue weighted by Gasteiger charge is -2.12. The summed E-state index contributed by atoms with van der Waals surface area (Å²) in [6, 6.07) is 19.4. The highest BCUT2D eigenvalue weighted by Crippen LogP contribution is 2.38. The van der Waals surface area contributed by atoms with E-state index >= 15 is 0 Å². The van der Waals surface area contributed by atoms with Gasteiger partial charge in [0.2, 0.25) is 5.91 Å². The summed E-state index contributed by atoms with van der Waals surface area (Å²) in [5, 5.41) is 15.5. The van der Waals surface area contributed by atoms with Crippen LogP contribution in [-0.4, -0.2) is 29.9 Å². The molecule has 1 atom stereocenters. The lowest BCUT2D eigenvalue weighted by Crippen LogP contribution is -2.12. The average Bonchev–Trinajstić information content (AvgIpc) is 3.74. The maximum atomic E-state index is 13.0. The first kappa shape index (κ1) is 26.8. The Hall–Kier alpha value is -4.75. The number of amides is 2. The van der Waals surface area contributed by atoms with Crippen molar-refractivity contribution in [1.29, 1.82) is 5.26 Å². The molecule has 2 amide bonds. The molecule has 1 aliphatic carbocycles. The fourth-order valence-electron chi connectivity index (χ4n) is 4.23. The van der Waals surface area contributed by atoms with E-state index in [1.807, 2.05) is 13.0 Å². The van der Waals surface area contributed by atoms with Crippen molar-refractivity contribution in [2.45, 2.75) is 32.1 Å². The van der Waals surface area contributed by atoms with Gasteiger partial charge in [0.05, 0.1) is 29.3 Å². The first-order chi connectivity index (χ1) is 19.4. The van der Waals surface area contributed by atoms with Gasteiger partial charge in [-0.2, -0.15) is 5.26 Å². The van der Waals surface area contributed by atoms with Crippen molar-refractivity contribution >= 4 is 50.2 Å². The molecule has 0 saturated heterocycles. The number of benzene rings is 3. The number of hydrogen-bond acceptors (Lipinski definition) is 8. The molecule has 5 rings (SSSR count). The van der Waals surface area contributed by atoms with Crippen LogP contribution in [0.15, 0.2) is 60.7 Å². The third kappa shape index (κ3) is 5.80. The highest BCUT2D eigenvalue weighted by atomic mass is 32.1. The van der Waals surface area contributed by atoms with Gasteiger partial charge < -0.3 is 20.1 Å². The molecular formula is C30H26N4O5S. The molecular weight excluding hydrogens is 528 g/mol. The maximum Gasteiger partial charge on any atom is 0.343 e. The van der Waals surface area contributed by atoms with Gasteiger partial charge in [-0.3, -0.25) is 9.59 Å². The van der Waals surface area contributed by atoms with E-state index in [2.05, 4.69) is 21.7 Å². The van der Waals surface area contributed by atoms with Crippen molar-refractivity contribution in [3.63, 3.8) is 0 Å². The minimum atomic E-state index is -0.601. The zero-order valence-electron chi connectivity index (χ0n) is 21.9. The van der Waals surface area contributed by atoms with Crippen LogP contribution >= 0.6 is 11.3 Å². The van der Waals surface area contributed by atoms with Crippen LogP contribution in [0.25, 0.3) is 10.2 Å². The van der Waals surface area contributed by atoms with Crippen molar-refractivity contribution in [2.75, 3.05) is 17.7 Å². The number of nitriles is 1. The van der Waals surface area contributed by atoms with Gasteiger partial charge in [-0.05, 0) is 61.2 Å². The topological polar surface area (TPSA) is 130 Å². The van der Waals surface area contributed by atoms with Crippen LogP contribution in [0.5, 0.6) is 11.5 Å². The Morgan fingerprint density at radius 1 is 1.10 bits per heavy atom. The third-order valence-electron chi connectivity index (χ3n) is 6.52. The van der Waals surface area contributed by atoms with Gasteiger partial charge in [0.1, 0.15) is 17.1 Å². The number of thiazole rings is 1. The van der Waals surface area contributed by atoms with Crippen molar-refractivity contribution in [3.05, 3.63) is 77.4 Å². The summed E-state index contributed by atoms with van der Waals surface area (Å²) in [5.74, 6) is -0.621. The van der Waals surface area contributed by atoms with Crippen molar-refractivity contribution < 1.29 is 23.9 Å². The van der Waals surface area contributed by atoms with Crippen LogP contribution in [0.3, 0.4) is 0 Å². The van der Waals surface area contributed by atoms with Crippen molar-refractivity contribution in [1.82, 2.24) is 4.98 Å². The molecule has 40 heavy (non-hydrogen) atoms. The van der Waals surface area contributed by atoms with E-state index in [1.54, 1.807) is 54.6 Å². The van der Waals surface area contributed by atoms with E-state index in [0.29, 0.717) is 38.8 Å². The average molecular weight is 555 g/mol. The molecule has 1 aromatic heterocycles. The molecule has 2 N–H and O–H groups in total. The summed E-state index contributed by atoms with van der Waals surface area (Å²) in [6.45, 7) is 1.93. The molecule has 10 heteroatoms. The van der Waals surface area contributed by atoms with Crippen LogP contribution in [-0.2, 0) is 9.53 Å². The van der Waals surface area contributed by atoms with E-state index in [1.165, 1.54) is 18.4 Å². The van der Waals surface area contributed by atoms with E-state index in [0.717, 1.165) is 18.4 Å². The summed E-state index contributed by atoms with van der Waals surface area (Å²) < 4.78 is 11.6. The number of anilines is 2. The van der Waals surface area contributed by atoms with Crippen LogP contribution < -0.4 is 15.4 Å². The number of carbonyl (C=O) groups excluding carboxylic acids is 3. The number of nitrogens with one attached hydrogen (secondary N) is 2. The Kier molecular flexibility index (Phi) is 7.75. The lowest BCUT2D eigenvalue weighted by atomic mass is 9.96. The molecule has 0 aliphatic heterocycles. The zero-order valence-corrected chi connectivity index (χ0v) is 22.7. The van der Waals surface area contributed by atoms with E-state index in [9.17, 15) is 19.6 Å². The molecule has 1 fully saturated rings. The number of methoxy groups -OCH3 is 1. The Morgan fingerprint density at radius 3 is 2.62 bits per heavy atom. The molecule has 3 aromatic carbocycles. The van der Waals surface area contributed by atoms with Gasteiger partial charge in [0.25, 0.3) is 5.91 Å². The first-order valence-electron chi connectivity index (χ1n) is 12.8. The smallest absolute Gasteiger partial charge is 0.343 e. The van der Waals surface area contributed by atoms with Gasteiger partial charge in [-0.15, -0.1) is 0 Å².